The van der Waals surface area contributed by atoms with Crippen LogP contribution in [0.15, 0.2) is 0 Å². The highest BCUT2D eigenvalue weighted by atomic mass is 79.9. The maximum Gasteiger partial charge on any atom is 0.0696 e. The van der Waals surface area contributed by atoms with E-state index in [1.165, 1.54) is 29.8 Å². The van der Waals surface area contributed by atoms with Crippen LogP contribution in [-0.4, -0.2) is 10.2 Å². The first-order valence-electron chi connectivity index (χ1n) is 4.48. The molecule has 0 amide bonds. The van der Waals surface area contributed by atoms with Crippen LogP contribution in [0.25, 0.3) is 0 Å². The molecule has 1 aromatic heterocycles. The summed E-state index contributed by atoms with van der Waals surface area (Å²) in [7, 11) is 0. The highest BCUT2D eigenvalue weighted by Gasteiger charge is 2.29. The van der Waals surface area contributed by atoms with Gasteiger partial charge in [-0.1, -0.05) is 22.9 Å². The lowest BCUT2D eigenvalue weighted by Gasteiger charge is -1.97. The van der Waals surface area contributed by atoms with Gasteiger partial charge in [0.15, 0.2) is 0 Å². The Morgan fingerprint density at radius 2 is 2.33 bits per heavy atom. The Balaban J connectivity index is 2.33. The van der Waals surface area contributed by atoms with E-state index in [4.69, 9.17) is 0 Å². The summed E-state index contributed by atoms with van der Waals surface area (Å²) in [6, 6.07) is 0. The van der Waals surface area contributed by atoms with Crippen LogP contribution in [0.2, 0.25) is 0 Å². The van der Waals surface area contributed by atoms with E-state index in [9.17, 15) is 0 Å². The molecule has 0 aliphatic heterocycles. The van der Waals surface area contributed by atoms with Crippen molar-refractivity contribution in [2.45, 2.75) is 37.4 Å². The summed E-state index contributed by atoms with van der Waals surface area (Å²) in [4.78, 5) is 0. The average Bonchev–Trinajstić information content (AvgIpc) is 2.85. The Morgan fingerprint density at radius 1 is 1.58 bits per heavy atom. The van der Waals surface area contributed by atoms with E-state index < -0.39 is 0 Å². The standard InChI is InChI=1S/C9H13BrN2/c1-2-8-7(5-10)9(12-11-8)6-3-4-6/h6H,2-5H2,1H3,(H,11,12). The van der Waals surface area contributed by atoms with Gasteiger partial charge in [0, 0.05) is 22.5 Å². The van der Waals surface area contributed by atoms with Crippen molar-refractivity contribution in [2.24, 2.45) is 0 Å². The molecule has 0 aromatic carbocycles. The van der Waals surface area contributed by atoms with Crippen LogP contribution < -0.4 is 0 Å². The first-order valence-corrected chi connectivity index (χ1v) is 5.61. The quantitative estimate of drug-likeness (QED) is 0.793. The van der Waals surface area contributed by atoms with Gasteiger partial charge in [-0.2, -0.15) is 5.10 Å². The molecule has 0 unspecified atom stereocenters. The Bertz CT molecular complexity index is 276. The number of H-pyrrole nitrogens is 1. The van der Waals surface area contributed by atoms with Crippen LogP contribution in [0.1, 0.15) is 42.6 Å². The zero-order valence-corrected chi connectivity index (χ0v) is 8.82. The highest BCUT2D eigenvalue weighted by Crippen LogP contribution is 2.41. The smallest absolute Gasteiger partial charge is 0.0696 e. The second kappa shape index (κ2) is 3.21. The molecule has 1 saturated carbocycles. The van der Waals surface area contributed by atoms with E-state index in [0.717, 1.165) is 17.7 Å². The molecule has 1 fully saturated rings. The number of halogens is 1. The first kappa shape index (κ1) is 8.30. The molecule has 2 nitrogen and oxygen atoms in total. The van der Waals surface area contributed by atoms with Crippen molar-refractivity contribution in [3.05, 3.63) is 17.0 Å². The normalized spacial score (nSPS) is 16.8. The van der Waals surface area contributed by atoms with Gasteiger partial charge < -0.3 is 0 Å². The second-order valence-corrected chi connectivity index (χ2v) is 3.89. The van der Waals surface area contributed by atoms with E-state index in [1.807, 2.05) is 0 Å². The van der Waals surface area contributed by atoms with Crippen molar-refractivity contribution in [1.29, 1.82) is 0 Å². The molecule has 1 N–H and O–H groups in total. The van der Waals surface area contributed by atoms with Crippen LogP contribution in [-0.2, 0) is 11.8 Å². The molecule has 0 radical (unpaired) electrons. The van der Waals surface area contributed by atoms with Gasteiger partial charge in [0.05, 0.1) is 5.69 Å². The molecule has 66 valence electrons. The lowest BCUT2D eigenvalue weighted by Crippen LogP contribution is -1.88. The lowest BCUT2D eigenvalue weighted by atomic mass is 10.1. The minimum atomic E-state index is 0.758. The fourth-order valence-electron chi connectivity index (χ4n) is 1.55. The van der Waals surface area contributed by atoms with E-state index in [2.05, 4.69) is 33.1 Å². The number of aromatic nitrogens is 2. The molecule has 0 saturated heterocycles. The van der Waals surface area contributed by atoms with E-state index in [1.54, 1.807) is 0 Å². The molecule has 3 heteroatoms. The molecular formula is C9H13BrN2. The summed E-state index contributed by atoms with van der Waals surface area (Å²) >= 11 is 3.52. The Hall–Kier alpha value is -0.310. The maximum atomic E-state index is 4.36. The van der Waals surface area contributed by atoms with Crippen molar-refractivity contribution in [2.75, 3.05) is 0 Å². The molecule has 2 rings (SSSR count). The Morgan fingerprint density at radius 3 is 2.83 bits per heavy atom. The fraction of sp³-hybridized carbons (Fsp3) is 0.667. The largest absolute Gasteiger partial charge is 0.282 e. The average molecular weight is 229 g/mol. The van der Waals surface area contributed by atoms with Gasteiger partial charge in [-0.15, -0.1) is 0 Å². The van der Waals surface area contributed by atoms with E-state index >= 15 is 0 Å². The SMILES string of the molecule is CCc1[nH]nc(C2CC2)c1CBr. The molecule has 1 aromatic rings. The second-order valence-electron chi connectivity index (χ2n) is 3.33. The van der Waals surface area contributed by atoms with Crippen molar-refractivity contribution in [3.8, 4) is 0 Å². The van der Waals surface area contributed by atoms with Crippen LogP contribution in [0, 0.1) is 0 Å². The Kier molecular flexibility index (Phi) is 2.22. The topological polar surface area (TPSA) is 28.7 Å². The molecule has 0 bridgehead atoms. The van der Waals surface area contributed by atoms with Crippen LogP contribution in [0.5, 0.6) is 0 Å². The summed E-state index contributed by atoms with van der Waals surface area (Å²) in [6.07, 6.45) is 3.71. The third-order valence-corrected chi connectivity index (χ3v) is 3.00. The maximum absolute atomic E-state index is 4.36. The minimum absolute atomic E-state index is 0.758. The van der Waals surface area contributed by atoms with Crippen LogP contribution >= 0.6 is 15.9 Å². The van der Waals surface area contributed by atoms with Crippen molar-refractivity contribution >= 4 is 15.9 Å². The molecular weight excluding hydrogens is 216 g/mol. The van der Waals surface area contributed by atoms with Gasteiger partial charge in [-0.05, 0) is 19.3 Å². The summed E-state index contributed by atoms with van der Waals surface area (Å²) in [5.74, 6) is 0.758. The van der Waals surface area contributed by atoms with Gasteiger partial charge >= 0.3 is 0 Å². The monoisotopic (exact) mass is 228 g/mol. The summed E-state index contributed by atoms with van der Waals surface area (Å²) in [6.45, 7) is 2.16. The molecule has 0 spiro atoms. The third kappa shape index (κ3) is 1.30. The number of alkyl halides is 1. The third-order valence-electron chi connectivity index (χ3n) is 2.44. The first-order chi connectivity index (χ1) is 5.86. The van der Waals surface area contributed by atoms with Crippen molar-refractivity contribution < 1.29 is 0 Å². The molecule has 1 aliphatic rings. The predicted molar refractivity (Wildman–Crippen MR) is 52.6 cm³/mol. The molecule has 1 heterocycles. The number of hydrogen-bond donors (Lipinski definition) is 1. The number of aryl methyl sites for hydroxylation is 1. The van der Waals surface area contributed by atoms with Gasteiger partial charge in [0.1, 0.15) is 0 Å². The Labute approximate surface area is 80.9 Å². The van der Waals surface area contributed by atoms with Crippen molar-refractivity contribution in [1.82, 2.24) is 10.2 Å². The number of hydrogen-bond acceptors (Lipinski definition) is 1. The number of aromatic amines is 1. The number of nitrogens with one attached hydrogen (secondary N) is 1. The molecule has 0 atom stereocenters. The summed E-state index contributed by atoms with van der Waals surface area (Å²) in [5, 5.41) is 8.42. The van der Waals surface area contributed by atoms with Crippen molar-refractivity contribution in [3.63, 3.8) is 0 Å². The molecule has 1 aliphatic carbocycles. The predicted octanol–water partition coefficient (Wildman–Crippen LogP) is 2.74. The zero-order valence-electron chi connectivity index (χ0n) is 7.23. The van der Waals surface area contributed by atoms with Crippen LogP contribution in [0.4, 0.5) is 0 Å². The zero-order chi connectivity index (χ0) is 8.55. The van der Waals surface area contributed by atoms with Gasteiger partial charge in [-0.25, -0.2) is 0 Å². The number of nitrogens with zero attached hydrogens (tertiary/aromatic N) is 1. The fourth-order valence-corrected chi connectivity index (χ4v) is 2.18. The summed E-state index contributed by atoms with van der Waals surface area (Å²) in [5.41, 5.74) is 4.01. The number of rotatable bonds is 3. The van der Waals surface area contributed by atoms with Gasteiger partial charge in [0.25, 0.3) is 0 Å². The van der Waals surface area contributed by atoms with Crippen LogP contribution in [0.3, 0.4) is 0 Å². The van der Waals surface area contributed by atoms with E-state index in [0.29, 0.717) is 0 Å². The minimum Gasteiger partial charge on any atom is -0.282 e. The lowest BCUT2D eigenvalue weighted by molar-refractivity contribution is 0.931. The van der Waals surface area contributed by atoms with Gasteiger partial charge in [0.2, 0.25) is 0 Å². The molecule has 12 heavy (non-hydrogen) atoms. The van der Waals surface area contributed by atoms with Gasteiger partial charge in [-0.3, -0.25) is 5.10 Å². The highest BCUT2D eigenvalue weighted by molar-refractivity contribution is 9.08. The van der Waals surface area contributed by atoms with E-state index in [-0.39, 0.29) is 0 Å². The summed E-state index contributed by atoms with van der Waals surface area (Å²) < 4.78 is 0.